The van der Waals surface area contributed by atoms with E-state index in [1.54, 1.807) is 0 Å². The van der Waals surface area contributed by atoms with Crippen molar-refractivity contribution >= 4 is 0 Å². The Bertz CT molecular complexity index is 545. The summed E-state index contributed by atoms with van der Waals surface area (Å²) in [6, 6.07) is 10.5. The maximum Gasteiger partial charge on any atom is 0.119 e. The average Bonchev–Trinajstić information content (AvgIpc) is 2.83. The molecule has 0 spiro atoms. The van der Waals surface area contributed by atoms with Gasteiger partial charge in [0.15, 0.2) is 0 Å². The van der Waals surface area contributed by atoms with E-state index in [0.29, 0.717) is 6.61 Å². The van der Waals surface area contributed by atoms with Gasteiger partial charge in [0.05, 0.1) is 24.0 Å². The van der Waals surface area contributed by atoms with Gasteiger partial charge in [-0.2, -0.15) is 5.10 Å². The van der Waals surface area contributed by atoms with Gasteiger partial charge in [0.25, 0.3) is 0 Å². The third-order valence-corrected chi connectivity index (χ3v) is 3.34. The molecular formula is C16H23N3O. The maximum atomic E-state index is 5.49. The fourth-order valence-electron chi connectivity index (χ4n) is 2.46. The van der Waals surface area contributed by atoms with Crippen molar-refractivity contribution in [3.05, 3.63) is 47.3 Å². The molecule has 0 aliphatic rings. The molecule has 0 saturated heterocycles. The summed E-state index contributed by atoms with van der Waals surface area (Å²) in [7, 11) is 1.98. The van der Waals surface area contributed by atoms with Gasteiger partial charge in [-0.05, 0) is 51.6 Å². The molecule has 2 rings (SSSR count). The molecule has 1 unspecified atom stereocenters. The van der Waals surface area contributed by atoms with E-state index in [0.717, 1.165) is 18.0 Å². The number of aromatic nitrogens is 2. The molecule has 1 aromatic carbocycles. The van der Waals surface area contributed by atoms with Crippen molar-refractivity contribution in [2.24, 2.45) is 0 Å². The minimum atomic E-state index is 0.145. The number of rotatable bonds is 6. The molecule has 0 saturated carbocycles. The molecule has 1 aromatic heterocycles. The molecule has 1 N–H and O–H groups in total. The largest absolute Gasteiger partial charge is 0.494 e. The first kappa shape index (κ1) is 14.6. The van der Waals surface area contributed by atoms with Crippen LogP contribution in [0.1, 0.15) is 36.8 Å². The minimum absolute atomic E-state index is 0.145. The zero-order valence-electron chi connectivity index (χ0n) is 12.7. The number of ether oxygens (including phenoxy) is 1. The smallest absolute Gasteiger partial charge is 0.119 e. The molecule has 0 amide bonds. The lowest BCUT2D eigenvalue weighted by Gasteiger charge is -2.18. The molecular weight excluding hydrogens is 250 g/mol. The molecule has 1 heterocycles. The summed E-state index contributed by atoms with van der Waals surface area (Å²) in [5.74, 6) is 0.909. The SMILES string of the molecule is CCOc1ccc(C(NC)c2cc(C)nn2CC)cc1. The van der Waals surface area contributed by atoms with Gasteiger partial charge in [0.1, 0.15) is 5.75 Å². The van der Waals surface area contributed by atoms with E-state index in [2.05, 4.69) is 35.5 Å². The Morgan fingerprint density at radius 2 is 1.95 bits per heavy atom. The summed E-state index contributed by atoms with van der Waals surface area (Å²) in [6.07, 6.45) is 0. The summed E-state index contributed by atoms with van der Waals surface area (Å²) < 4.78 is 7.54. The van der Waals surface area contributed by atoms with Crippen LogP contribution in [-0.2, 0) is 6.54 Å². The van der Waals surface area contributed by atoms with Crippen molar-refractivity contribution in [1.29, 1.82) is 0 Å². The molecule has 108 valence electrons. The summed E-state index contributed by atoms with van der Waals surface area (Å²) >= 11 is 0. The van der Waals surface area contributed by atoms with Crippen LogP contribution in [0.2, 0.25) is 0 Å². The lowest BCUT2D eigenvalue weighted by Crippen LogP contribution is -2.21. The Balaban J connectivity index is 2.31. The van der Waals surface area contributed by atoms with E-state index in [-0.39, 0.29) is 6.04 Å². The first-order chi connectivity index (χ1) is 9.69. The Labute approximate surface area is 120 Å². The van der Waals surface area contributed by atoms with Gasteiger partial charge >= 0.3 is 0 Å². The van der Waals surface area contributed by atoms with Gasteiger partial charge in [0, 0.05) is 6.54 Å². The van der Waals surface area contributed by atoms with E-state index in [1.807, 2.05) is 37.7 Å². The fraction of sp³-hybridized carbons (Fsp3) is 0.438. The van der Waals surface area contributed by atoms with E-state index in [9.17, 15) is 0 Å². The highest BCUT2D eigenvalue weighted by Crippen LogP contribution is 2.24. The Morgan fingerprint density at radius 3 is 2.50 bits per heavy atom. The van der Waals surface area contributed by atoms with Crippen LogP contribution in [0.3, 0.4) is 0 Å². The van der Waals surface area contributed by atoms with Gasteiger partial charge in [0.2, 0.25) is 0 Å². The van der Waals surface area contributed by atoms with Gasteiger partial charge in [-0.1, -0.05) is 12.1 Å². The number of nitrogens with zero attached hydrogens (tertiary/aromatic N) is 2. The highest BCUT2D eigenvalue weighted by Gasteiger charge is 2.17. The maximum absolute atomic E-state index is 5.49. The first-order valence-electron chi connectivity index (χ1n) is 7.14. The number of aryl methyl sites for hydroxylation is 2. The van der Waals surface area contributed by atoms with Crippen LogP contribution in [0.5, 0.6) is 5.75 Å². The molecule has 0 bridgehead atoms. The van der Waals surface area contributed by atoms with Crippen molar-refractivity contribution in [1.82, 2.24) is 15.1 Å². The van der Waals surface area contributed by atoms with Crippen molar-refractivity contribution in [2.45, 2.75) is 33.4 Å². The predicted octanol–water partition coefficient (Wildman–Crippen LogP) is 2.92. The zero-order chi connectivity index (χ0) is 14.5. The summed E-state index contributed by atoms with van der Waals surface area (Å²) in [5, 5.41) is 7.89. The van der Waals surface area contributed by atoms with Gasteiger partial charge in [-0.25, -0.2) is 0 Å². The lowest BCUT2D eigenvalue weighted by atomic mass is 10.0. The van der Waals surface area contributed by atoms with Crippen molar-refractivity contribution < 1.29 is 4.74 Å². The molecule has 1 atom stereocenters. The van der Waals surface area contributed by atoms with Crippen LogP contribution in [-0.4, -0.2) is 23.4 Å². The molecule has 0 aliphatic heterocycles. The van der Waals surface area contributed by atoms with Gasteiger partial charge < -0.3 is 10.1 Å². The monoisotopic (exact) mass is 273 g/mol. The molecule has 4 nitrogen and oxygen atoms in total. The van der Waals surface area contributed by atoms with Crippen LogP contribution in [0.4, 0.5) is 0 Å². The number of nitrogens with one attached hydrogen (secondary N) is 1. The zero-order valence-corrected chi connectivity index (χ0v) is 12.7. The second kappa shape index (κ2) is 6.57. The highest BCUT2D eigenvalue weighted by atomic mass is 16.5. The van der Waals surface area contributed by atoms with Gasteiger partial charge in [-0.3, -0.25) is 4.68 Å². The molecule has 0 fully saturated rings. The van der Waals surface area contributed by atoms with Gasteiger partial charge in [-0.15, -0.1) is 0 Å². The topological polar surface area (TPSA) is 39.1 Å². The highest BCUT2D eigenvalue weighted by molar-refractivity contribution is 5.33. The second-order valence-corrected chi connectivity index (χ2v) is 4.75. The standard InChI is InChI=1S/C16H23N3O/c1-5-19-15(11-12(3)18-19)16(17-4)13-7-9-14(10-8-13)20-6-2/h7-11,16-17H,5-6H2,1-4H3. The van der Waals surface area contributed by atoms with Crippen molar-refractivity contribution in [3.8, 4) is 5.75 Å². The summed E-state index contributed by atoms with van der Waals surface area (Å²) in [5.41, 5.74) is 3.45. The Hall–Kier alpha value is -1.81. The first-order valence-corrected chi connectivity index (χ1v) is 7.14. The lowest BCUT2D eigenvalue weighted by molar-refractivity contribution is 0.340. The fourth-order valence-corrected chi connectivity index (χ4v) is 2.46. The molecule has 0 radical (unpaired) electrons. The van der Waals surface area contributed by atoms with E-state index in [4.69, 9.17) is 4.74 Å². The molecule has 0 aliphatic carbocycles. The minimum Gasteiger partial charge on any atom is -0.494 e. The quantitative estimate of drug-likeness (QED) is 0.879. The van der Waals surface area contributed by atoms with Crippen molar-refractivity contribution in [3.63, 3.8) is 0 Å². The number of hydrogen-bond donors (Lipinski definition) is 1. The Morgan fingerprint density at radius 1 is 1.25 bits per heavy atom. The van der Waals surface area contributed by atoms with E-state index >= 15 is 0 Å². The van der Waals surface area contributed by atoms with Crippen LogP contribution in [0.15, 0.2) is 30.3 Å². The molecule has 4 heteroatoms. The van der Waals surface area contributed by atoms with Crippen molar-refractivity contribution in [2.75, 3.05) is 13.7 Å². The number of benzene rings is 1. The molecule has 2 aromatic rings. The number of hydrogen-bond acceptors (Lipinski definition) is 3. The normalized spacial score (nSPS) is 12.4. The molecule has 20 heavy (non-hydrogen) atoms. The summed E-state index contributed by atoms with van der Waals surface area (Å²) in [6.45, 7) is 7.70. The Kier molecular flexibility index (Phi) is 4.79. The van der Waals surface area contributed by atoms with Crippen LogP contribution >= 0.6 is 0 Å². The summed E-state index contributed by atoms with van der Waals surface area (Å²) in [4.78, 5) is 0. The second-order valence-electron chi connectivity index (χ2n) is 4.75. The predicted molar refractivity (Wildman–Crippen MR) is 81.2 cm³/mol. The van der Waals surface area contributed by atoms with Crippen LogP contribution < -0.4 is 10.1 Å². The van der Waals surface area contributed by atoms with Crippen LogP contribution in [0, 0.1) is 6.92 Å². The average molecular weight is 273 g/mol. The van der Waals surface area contributed by atoms with E-state index in [1.165, 1.54) is 11.3 Å². The third-order valence-electron chi connectivity index (χ3n) is 3.34. The third kappa shape index (κ3) is 3.02. The van der Waals surface area contributed by atoms with Crippen LogP contribution in [0.25, 0.3) is 0 Å². The van der Waals surface area contributed by atoms with E-state index < -0.39 is 0 Å².